The minimum atomic E-state index is -0.182. The quantitative estimate of drug-likeness (QED) is 0.676. The summed E-state index contributed by atoms with van der Waals surface area (Å²) in [5.74, 6) is 1.94. The molecule has 0 bridgehead atoms. The van der Waals surface area contributed by atoms with Crippen molar-refractivity contribution in [2.24, 2.45) is 0 Å². The van der Waals surface area contributed by atoms with Gasteiger partial charge in [0.15, 0.2) is 11.5 Å². The summed E-state index contributed by atoms with van der Waals surface area (Å²) < 4.78 is 16.0. The average Bonchev–Trinajstić information content (AvgIpc) is 2.81. The lowest BCUT2D eigenvalue weighted by Crippen LogP contribution is -2.43. The molecule has 2 aromatic carbocycles. The average molecular weight is 428 g/mol. The Labute approximate surface area is 182 Å². The molecule has 0 saturated heterocycles. The fourth-order valence-electron chi connectivity index (χ4n) is 3.58. The SMILES string of the molecule is COc1ccccc1CNC(=O)CCNC(=O)N1CCc2cc(OC)c(OC)cc2C1. The molecule has 1 heterocycles. The largest absolute Gasteiger partial charge is 0.496 e. The van der Waals surface area contributed by atoms with Crippen molar-refractivity contribution in [2.45, 2.75) is 25.9 Å². The molecule has 31 heavy (non-hydrogen) atoms. The summed E-state index contributed by atoms with van der Waals surface area (Å²) in [6.07, 6.45) is 0.943. The van der Waals surface area contributed by atoms with Crippen LogP contribution >= 0.6 is 0 Å². The molecule has 3 amide bonds. The van der Waals surface area contributed by atoms with E-state index in [0.29, 0.717) is 31.1 Å². The van der Waals surface area contributed by atoms with Crippen LogP contribution in [-0.2, 0) is 24.3 Å². The molecule has 0 unspecified atom stereocenters. The minimum absolute atomic E-state index is 0.132. The van der Waals surface area contributed by atoms with Crippen LogP contribution < -0.4 is 24.8 Å². The third-order valence-electron chi connectivity index (χ3n) is 5.30. The van der Waals surface area contributed by atoms with E-state index in [-0.39, 0.29) is 24.9 Å². The van der Waals surface area contributed by atoms with Crippen LogP contribution in [0.15, 0.2) is 36.4 Å². The second-order valence-electron chi connectivity index (χ2n) is 7.22. The third-order valence-corrected chi connectivity index (χ3v) is 5.30. The summed E-state index contributed by atoms with van der Waals surface area (Å²) in [5.41, 5.74) is 3.09. The van der Waals surface area contributed by atoms with Crippen LogP contribution in [0.5, 0.6) is 17.2 Å². The number of nitrogens with one attached hydrogen (secondary N) is 2. The van der Waals surface area contributed by atoms with Gasteiger partial charge >= 0.3 is 6.03 Å². The molecule has 0 atom stereocenters. The molecule has 0 fully saturated rings. The van der Waals surface area contributed by atoms with E-state index in [1.165, 1.54) is 0 Å². The lowest BCUT2D eigenvalue weighted by atomic mass is 9.99. The van der Waals surface area contributed by atoms with Crippen LogP contribution in [0.1, 0.15) is 23.1 Å². The Balaban J connectivity index is 1.45. The second-order valence-corrected chi connectivity index (χ2v) is 7.22. The second kappa shape index (κ2) is 10.6. The molecule has 0 aromatic heterocycles. The van der Waals surface area contributed by atoms with E-state index in [1.807, 2.05) is 36.4 Å². The lowest BCUT2D eigenvalue weighted by Gasteiger charge is -2.29. The van der Waals surface area contributed by atoms with Crippen molar-refractivity contribution in [1.82, 2.24) is 15.5 Å². The van der Waals surface area contributed by atoms with E-state index >= 15 is 0 Å². The van der Waals surface area contributed by atoms with E-state index in [1.54, 1.807) is 26.2 Å². The first kappa shape index (κ1) is 22.3. The van der Waals surface area contributed by atoms with Gasteiger partial charge in [-0.1, -0.05) is 18.2 Å². The summed E-state index contributed by atoms with van der Waals surface area (Å²) >= 11 is 0. The molecule has 2 N–H and O–H groups in total. The molecule has 1 aliphatic heterocycles. The topological polar surface area (TPSA) is 89.1 Å². The van der Waals surface area contributed by atoms with E-state index in [2.05, 4.69) is 10.6 Å². The van der Waals surface area contributed by atoms with Gasteiger partial charge in [-0.2, -0.15) is 0 Å². The minimum Gasteiger partial charge on any atom is -0.496 e. The van der Waals surface area contributed by atoms with Crippen LogP contribution in [0.2, 0.25) is 0 Å². The first-order valence-corrected chi connectivity index (χ1v) is 10.2. The molecular weight excluding hydrogens is 398 g/mol. The molecule has 3 rings (SSSR count). The van der Waals surface area contributed by atoms with Crippen molar-refractivity contribution >= 4 is 11.9 Å². The van der Waals surface area contributed by atoms with Crippen molar-refractivity contribution in [3.8, 4) is 17.2 Å². The summed E-state index contributed by atoms with van der Waals surface area (Å²) in [6, 6.07) is 11.2. The van der Waals surface area contributed by atoms with Crippen molar-refractivity contribution < 1.29 is 23.8 Å². The molecule has 0 spiro atoms. The van der Waals surface area contributed by atoms with Gasteiger partial charge in [-0.05, 0) is 35.7 Å². The Morgan fingerprint density at radius 3 is 2.32 bits per heavy atom. The number of para-hydroxylation sites is 1. The summed E-state index contributed by atoms with van der Waals surface area (Å²) in [6.45, 7) is 1.74. The van der Waals surface area contributed by atoms with Crippen LogP contribution in [0.3, 0.4) is 0 Å². The number of rotatable bonds is 8. The molecule has 1 aliphatic rings. The molecule has 166 valence electrons. The third kappa shape index (κ3) is 5.59. The molecular formula is C23H29N3O5. The first-order chi connectivity index (χ1) is 15.0. The zero-order valence-corrected chi connectivity index (χ0v) is 18.2. The Hall–Kier alpha value is -3.42. The van der Waals surface area contributed by atoms with E-state index in [0.717, 1.165) is 28.9 Å². The van der Waals surface area contributed by atoms with Crippen molar-refractivity contribution in [3.63, 3.8) is 0 Å². The number of nitrogens with zero attached hydrogens (tertiary/aromatic N) is 1. The molecule has 2 aromatic rings. The van der Waals surface area contributed by atoms with Crippen LogP contribution in [-0.4, -0.2) is 51.3 Å². The maximum absolute atomic E-state index is 12.5. The van der Waals surface area contributed by atoms with Gasteiger partial charge in [-0.25, -0.2) is 4.79 Å². The number of hydrogen-bond acceptors (Lipinski definition) is 5. The monoisotopic (exact) mass is 427 g/mol. The highest BCUT2D eigenvalue weighted by Crippen LogP contribution is 2.33. The summed E-state index contributed by atoms with van der Waals surface area (Å²) in [7, 11) is 4.80. The highest BCUT2D eigenvalue weighted by molar-refractivity contribution is 5.78. The number of urea groups is 1. The Bertz CT molecular complexity index is 931. The van der Waals surface area contributed by atoms with Gasteiger partial charge in [0.2, 0.25) is 5.91 Å². The zero-order valence-electron chi connectivity index (χ0n) is 18.2. The molecule has 0 aliphatic carbocycles. The number of benzene rings is 2. The Kier molecular flexibility index (Phi) is 7.59. The zero-order chi connectivity index (χ0) is 22.2. The number of carbonyl (C=O) groups excluding carboxylic acids is 2. The number of carbonyl (C=O) groups is 2. The molecule has 0 saturated carbocycles. The van der Waals surface area contributed by atoms with E-state index in [4.69, 9.17) is 14.2 Å². The van der Waals surface area contributed by atoms with Crippen LogP contribution in [0.25, 0.3) is 0 Å². The number of hydrogen-bond donors (Lipinski definition) is 2. The fourth-order valence-corrected chi connectivity index (χ4v) is 3.58. The van der Waals surface area contributed by atoms with Gasteiger partial charge in [-0.15, -0.1) is 0 Å². The Morgan fingerprint density at radius 1 is 0.935 bits per heavy atom. The van der Waals surface area contributed by atoms with Crippen LogP contribution in [0.4, 0.5) is 4.79 Å². The van der Waals surface area contributed by atoms with E-state index < -0.39 is 0 Å². The number of amides is 3. The maximum Gasteiger partial charge on any atom is 0.317 e. The standard InChI is InChI=1S/C23H29N3O5/c1-29-19-7-5-4-6-17(19)14-25-22(27)8-10-24-23(28)26-11-9-16-12-20(30-2)21(31-3)13-18(16)15-26/h4-7,12-13H,8-11,14-15H2,1-3H3,(H,24,28)(H,25,27). The normalized spacial score (nSPS) is 12.5. The van der Waals surface area contributed by atoms with Crippen molar-refractivity contribution in [3.05, 3.63) is 53.1 Å². The fraction of sp³-hybridized carbons (Fsp3) is 0.391. The van der Waals surface area contributed by atoms with Crippen molar-refractivity contribution in [2.75, 3.05) is 34.4 Å². The number of ether oxygens (including phenoxy) is 3. The van der Waals surface area contributed by atoms with Gasteiger partial charge in [-0.3, -0.25) is 4.79 Å². The van der Waals surface area contributed by atoms with Crippen molar-refractivity contribution in [1.29, 1.82) is 0 Å². The lowest BCUT2D eigenvalue weighted by molar-refractivity contribution is -0.121. The Morgan fingerprint density at radius 2 is 1.61 bits per heavy atom. The van der Waals surface area contributed by atoms with Gasteiger partial charge in [0, 0.05) is 38.2 Å². The van der Waals surface area contributed by atoms with Crippen LogP contribution in [0, 0.1) is 0 Å². The predicted molar refractivity (Wildman–Crippen MR) is 117 cm³/mol. The van der Waals surface area contributed by atoms with E-state index in [9.17, 15) is 9.59 Å². The highest BCUT2D eigenvalue weighted by atomic mass is 16.5. The smallest absolute Gasteiger partial charge is 0.317 e. The van der Waals surface area contributed by atoms with Gasteiger partial charge in [0.25, 0.3) is 0 Å². The number of fused-ring (bicyclic) bond motifs is 1. The predicted octanol–water partition coefficient (Wildman–Crippen LogP) is 2.49. The molecule has 8 nitrogen and oxygen atoms in total. The molecule has 8 heteroatoms. The highest BCUT2D eigenvalue weighted by Gasteiger charge is 2.22. The van der Waals surface area contributed by atoms with Gasteiger partial charge in [0.05, 0.1) is 21.3 Å². The van der Waals surface area contributed by atoms with Gasteiger partial charge < -0.3 is 29.7 Å². The molecule has 0 radical (unpaired) electrons. The van der Waals surface area contributed by atoms with Gasteiger partial charge in [0.1, 0.15) is 5.75 Å². The first-order valence-electron chi connectivity index (χ1n) is 10.2. The summed E-state index contributed by atoms with van der Waals surface area (Å²) in [5, 5.41) is 5.69. The summed E-state index contributed by atoms with van der Waals surface area (Å²) in [4.78, 5) is 26.4. The number of methoxy groups -OCH3 is 3. The maximum atomic E-state index is 12.5.